The van der Waals surface area contributed by atoms with Crippen molar-refractivity contribution < 1.29 is 17.9 Å². The van der Waals surface area contributed by atoms with E-state index in [1.54, 1.807) is 24.3 Å². The second-order valence-corrected chi connectivity index (χ2v) is 9.62. The second-order valence-electron chi connectivity index (χ2n) is 7.96. The van der Waals surface area contributed by atoms with E-state index in [2.05, 4.69) is 23.4 Å². The predicted octanol–water partition coefficient (Wildman–Crippen LogP) is 5.36. The Labute approximate surface area is 192 Å². The molecule has 7 heteroatoms. The number of carbonyl (C=O) groups is 1. The summed E-state index contributed by atoms with van der Waals surface area (Å²) in [5.41, 5.74) is 2.34. The fourth-order valence-electron chi connectivity index (χ4n) is 3.21. The topological polar surface area (TPSA) is 84.8 Å². The summed E-state index contributed by atoms with van der Waals surface area (Å²) < 4.78 is 30.8. The molecule has 0 bridgehead atoms. The van der Waals surface area contributed by atoms with Crippen LogP contribution in [0.2, 0.25) is 0 Å². The second kappa shape index (κ2) is 12.4. The Balaban J connectivity index is 2.19. The van der Waals surface area contributed by atoms with Gasteiger partial charge in [-0.15, -0.1) is 0 Å². The first-order chi connectivity index (χ1) is 15.3. The summed E-state index contributed by atoms with van der Waals surface area (Å²) in [6.45, 7) is 10.0. The lowest BCUT2D eigenvalue weighted by Crippen LogP contribution is -2.21. The predicted molar refractivity (Wildman–Crippen MR) is 129 cm³/mol. The third-order valence-electron chi connectivity index (χ3n) is 5.26. The lowest BCUT2D eigenvalue weighted by atomic mass is 10.1. The van der Waals surface area contributed by atoms with Crippen molar-refractivity contribution in [2.24, 2.45) is 5.10 Å². The van der Waals surface area contributed by atoms with Crippen LogP contribution in [-0.2, 0) is 19.6 Å². The molecular formula is C25H34N2O4S. The number of hydrazone groups is 1. The highest BCUT2D eigenvalue weighted by Gasteiger charge is 2.18. The van der Waals surface area contributed by atoms with Crippen LogP contribution in [0, 0.1) is 6.92 Å². The maximum Gasteiger partial charge on any atom is 0.338 e. The van der Waals surface area contributed by atoms with E-state index < -0.39 is 16.0 Å². The molecule has 0 aromatic heterocycles. The summed E-state index contributed by atoms with van der Waals surface area (Å²) in [5, 5.41) is 4.14. The zero-order valence-electron chi connectivity index (χ0n) is 19.3. The molecule has 1 atom stereocenters. The normalized spacial score (nSPS) is 19.8. The first-order valence-electron chi connectivity index (χ1n) is 11.2. The van der Waals surface area contributed by atoms with Crippen molar-refractivity contribution in [2.75, 3.05) is 0 Å². The highest BCUT2D eigenvalue weighted by molar-refractivity contribution is 7.89. The third-order valence-corrected chi connectivity index (χ3v) is 6.48. The number of aryl methyl sites for hydroxylation is 1. The molecule has 1 unspecified atom stereocenters. The number of esters is 1. The smallest absolute Gasteiger partial charge is 0.338 e. The number of ether oxygens (including phenoxy) is 1. The van der Waals surface area contributed by atoms with Gasteiger partial charge in [0.1, 0.15) is 6.10 Å². The molecule has 1 N–H and O–H groups in total. The summed E-state index contributed by atoms with van der Waals surface area (Å²) in [6, 6.07) is 6.54. The van der Waals surface area contributed by atoms with Gasteiger partial charge in [-0.05, 0) is 62.8 Å². The molecule has 32 heavy (non-hydrogen) atoms. The Morgan fingerprint density at radius 2 is 1.97 bits per heavy atom. The van der Waals surface area contributed by atoms with Crippen LogP contribution in [0.25, 0.3) is 0 Å². The van der Waals surface area contributed by atoms with Crippen molar-refractivity contribution in [3.8, 4) is 0 Å². The molecule has 0 heterocycles. The minimum atomic E-state index is -3.79. The lowest BCUT2D eigenvalue weighted by molar-refractivity contribution is -0.144. The van der Waals surface area contributed by atoms with Crippen LogP contribution in [0.3, 0.4) is 0 Å². The monoisotopic (exact) mass is 458 g/mol. The molecule has 1 aromatic carbocycles. The summed E-state index contributed by atoms with van der Waals surface area (Å²) >= 11 is 0. The van der Waals surface area contributed by atoms with Crippen molar-refractivity contribution >= 4 is 21.7 Å². The van der Waals surface area contributed by atoms with E-state index >= 15 is 0 Å². The van der Waals surface area contributed by atoms with Crippen molar-refractivity contribution in [2.45, 2.75) is 76.7 Å². The highest BCUT2D eigenvalue weighted by Crippen LogP contribution is 2.18. The fraction of sp³-hybridized carbons (Fsp3) is 0.440. The summed E-state index contributed by atoms with van der Waals surface area (Å²) in [4.78, 5) is 15.2. The van der Waals surface area contributed by atoms with E-state index in [0.29, 0.717) is 23.3 Å². The molecule has 0 radical (unpaired) electrons. The van der Waals surface area contributed by atoms with E-state index in [1.165, 1.54) is 12.1 Å². The maximum absolute atomic E-state index is 12.8. The Bertz CT molecular complexity index is 989. The van der Waals surface area contributed by atoms with Crippen LogP contribution in [0.5, 0.6) is 0 Å². The molecule has 1 aliphatic rings. The molecular weight excluding hydrogens is 424 g/mol. The van der Waals surface area contributed by atoms with Gasteiger partial charge in [-0.1, -0.05) is 63.1 Å². The maximum atomic E-state index is 12.8. The molecule has 0 amide bonds. The number of benzene rings is 1. The van der Waals surface area contributed by atoms with Gasteiger partial charge in [-0.3, -0.25) is 0 Å². The number of hydrogen-bond donors (Lipinski definition) is 1. The number of rotatable bonds is 9. The standard InChI is InChI=1S/C25H34N2O4S/c1-5-7-12-22(6-2)31-25(28)21-11-9-8-10-13-24(20(4)18-21)26-27-32(29,30)23-16-14-19(3)15-17-23/h9,11,14-18,22,27H,4-8,10,12-13H2,1-3H3/b11-9-,21-18+,26-24?. The van der Waals surface area contributed by atoms with Crippen LogP contribution in [0.15, 0.2) is 70.2 Å². The first-order valence-corrected chi connectivity index (χ1v) is 12.7. The zero-order valence-corrected chi connectivity index (χ0v) is 20.1. The van der Waals surface area contributed by atoms with Crippen LogP contribution >= 0.6 is 0 Å². The van der Waals surface area contributed by atoms with Gasteiger partial charge in [-0.2, -0.15) is 18.4 Å². The van der Waals surface area contributed by atoms with Gasteiger partial charge in [0, 0.05) is 0 Å². The summed E-state index contributed by atoms with van der Waals surface area (Å²) in [7, 11) is -3.79. The number of sulfonamides is 1. The van der Waals surface area contributed by atoms with Crippen molar-refractivity contribution in [1.29, 1.82) is 0 Å². The number of hydrogen-bond acceptors (Lipinski definition) is 5. The fourth-order valence-corrected chi connectivity index (χ4v) is 4.05. The molecule has 1 aromatic rings. The Kier molecular flexibility index (Phi) is 9.91. The molecule has 2 rings (SSSR count). The zero-order chi connectivity index (χ0) is 23.6. The van der Waals surface area contributed by atoms with E-state index in [4.69, 9.17) is 4.74 Å². The van der Waals surface area contributed by atoms with Crippen LogP contribution in [0.1, 0.15) is 64.4 Å². The number of unbranched alkanes of at least 4 members (excludes halogenated alkanes) is 1. The summed E-state index contributed by atoms with van der Waals surface area (Å²) in [6.07, 6.45) is 10.8. The van der Waals surface area contributed by atoms with E-state index in [1.807, 2.05) is 19.9 Å². The van der Waals surface area contributed by atoms with Gasteiger partial charge in [0.25, 0.3) is 10.0 Å². The SMILES string of the molecule is C=C1/C=C(C(=O)OC(CC)CCCC)\C=C/CCCC1=NNS(=O)(=O)c1ccc(C)cc1. The largest absolute Gasteiger partial charge is 0.459 e. The molecule has 0 aliphatic heterocycles. The van der Waals surface area contributed by atoms with Crippen molar-refractivity contribution in [3.63, 3.8) is 0 Å². The third kappa shape index (κ3) is 7.79. The number of nitrogens with one attached hydrogen (secondary N) is 1. The van der Waals surface area contributed by atoms with Gasteiger partial charge in [0.2, 0.25) is 0 Å². The van der Waals surface area contributed by atoms with Gasteiger partial charge >= 0.3 is 5.97 Å². The average Bonchev–Trinajstić information content (AvgIpc) is 2.86. The Hall–Kier alpha value is -2.67. The van der Waals surface area contributed by atoms with E-state index in [0.717, 1.165) is 44.1 Å². The van der Waals surface area contributed by atoms with Gasteiger partial charge < -0.3 is 4.74 Å². The minimum absolute atomic E-state index is 0.118. The van der Waals surface area contributed by atoms with Gasteiger partial charge in [0.15, 0.2) is 0 Å². The molecule has 174 valence electrons. The highest BCUT2D eigenvalue weighted by atomic mass is 32.2. The quantitative estimate of drug-likeness (QED) is 0.398. The molecule has 0 fully saturated rings. The average molecular weight is 459 g/mol. The first kappa shape index (κ1) is 25.6. The van der Waals surface area contributed by atoms with E-state index in [-0.39, 0.29) is 11.0 Å². The van der Waals surface area contributed by atoms with Crippen LogP contribution in [0.4, 0.5) is 0 Å². The van der Waals surface area contributed by atoms with Crippen molar-refractivity contribution in [1.82, 2.24) is 4.83 Å². The number of nitrogens with zero attached hydrogens (tertiary/aromatic N) is 1. The molecule has 0 saturated carbocycles. The summed E-state index contributed by atoms with van der Waals surface area (Å²) in [5.74, 6) is -0.396. The lowest BCUT2D eigenvalue weighted by Gasteiger charge is -2.16. The number of allylic oxidation sites excluding steroid dienone is 3. The molecule has 0 saturated heterocycles. The van der Waals surface area contributed by atoms with Crippen LogP contribution < -0.4 is 4.83 Å². The molecule has 0 spiro atoms. The Morgan fingerprint density at radius 3 is 2.62 bits per heavy atom. The van der Waals surface area contributed by atoms with E-state index in [9.17, 15) is 13.2 Å². The van der Waals surface area contributed by atoms with Gasteiger partial charge in [-0.25, -0.2) is 4.79 Å². The number of carbonyl (C=O) groups excluding carboxylic acids is 1. The van der Waals surface area contributed by atoms with Gasteiger partial charge in [0.05, 0.1) is 16.2 Å². The molecule has 6 nitrogen and oxygen atoms in total. The van der Waals surface area contributed by atoms with Crippen molar-refractivity contribution in [3.05, 3.63) is 65.8 Å². The Morgan fingerprint density at radius 1 is 1.25 bits per heavy atom. The minimum Gasteiger partial charge on any atom is -0.459 e. The van der Waals surface area contributed by atoms with Crippen LogP contribution in [-0.4, -0.2) is 26.2 Å². The molecule has 1 aliphatic carbocycles.